The molecule has 6 heteroatoms. The molecule has 1 aliphatic rings. The first-order valence-electron chi connectivity index (χ1n) is 5.00. The van der Waals surface area contributed by atoms with E-state index in [1.54, 1.807) is 18.2 Å². The first-order chi connectivity index (χ1) is 8.00. The van der Waals surface area contributed by atoms with Gasteiger partial charge < -0.3 is 10.0 Å². The largest absolute Gasteiger partial charge is 0.481 e. The summed E-state index contributed by atoms with van der Waals surface area (Å²) < 4.78 is 0.684. The number of amides is 1. The number of carboxylic acid groups (broad SMARTS) is 1. The lowest BCUT2D eigenvalue weighted by Crippen LogP contribution is -2.30. The van der Waals surface area contributed by atoms with Gasteiger partial charge in [-0.1, -0.05) is 11.6 Å². The predicted molar refractivity (Wildman–Crippen MR) is 67.2 cm³/mol. The number of hydrogen-bond donors (Lipinski definition) is 1. The highest BCUT2D eigenvalue weighted by Gasteiger charge is 2.37. The molecular formula is C11H9BrClNO3. The lowest BCUT2D eigenvalue weighted by Gasteiger charge is -2.16. The van der Waals surface area contributed by atoms with E-state index in [1.807, 2.05) is 0 Å². The quantitative estimate of drug-likeness (QED) is 0.853. The minimum Gasteiger partial charge on any atom is -0.481 e. The molecule has 1 aromatic rings. The second kappa shape index (κ2) is 4.66. The van der Waals surface area contributed by atoms with Crippen molar-refractivity contribution in [3.8, 4) is 0 Å². The molecule has 1 amide bonds. The molecule has 1 unspecified atom stereocenters. The van der Waals surface area contributed by atoms with Crippen LogP contribution in [0.2, 0.25) is 5.02 Å². The average molecular weight is 319 g/mol. The number of carboxylic acids is 1. The van der Waals surface area contributed by atoms with Crippen LogP contribution in [-0.4, -0.2) is 23.5 Å². The van der Waals surface area contributed by atoms with E-state index in [0.29, 0.717) is 28.1 Å². The third-order valence-electron chi connectivity index (χ3n) is 2.72. The van der Waals surface area contributed by atoms with Crippen molar-refractivity contribution in [3.05, 3.63) is 27.7 Å². The summed E-state index contributed by atoms with van der Waals surface area (Å²) in [7, 11) is 0. The zero-order valence-corrected chi connectivity index (χ0v) is 11.0. The van der Waals surface area contributed by atoms with Crippen molar-refractivity contribution in [2.45, 2.75) is 6.42 Å². The van der Waals surface area contributed by atoms with E-state index in [2.05, 4.69) is 15.9 Å². The molecule has 17 heavy (non-hydrogen) atoms. The Kier molecular flexibility index (Phi) is 3.40. The number of benzene rings is 1. The van der Waals surface area contributed by atoms with E-state index in [-0.39, 0.29) is 5.91 Å². The third kappa shape index (κ3) is 2.30. The lowest BCUT2D eigenvalue weighted by molar-refractivity contribution is -0.144. The molecule has 0 aromatic heterocycles. The standard InChI is InChI=1S/C11H9BrClNO3/c12-8-5-6(1-2-9(8)13)14-4-3-7(10(14)15)11(16)17/h1-2,5,7H,3-4H2,(H,16,17). The second-order valence-corrected chi connectivity index (χ2v) is 5.03. The van der Waals surface area contributed by atoms with Crippen LogP contribution in [0.3, 0.4) is 0 Å². The summed E-state index contributed by atoms with van der Waals surface area (Å²) in [5.74, 6) is -2.36. The summed E-state index contributed by atoms with van der Waals surface area (Å²) in [6.07, 6.45) is 0.342. The molecule has 90 valence electrons. The van der Waals surface area contributed by atoms with Gasteiger partial charge in [-0.25, -0.2) is 0 Å². The molecule has 4 nitrogen and oxygen atoms in total. The first kappa shape index (κ1) is 12.4. The third-order valence-corrected chi connectivity index (χ3v) is 3.93. The van der Waals surface area contributed by atoms with E-state index in [1.165, 1.54) is 4.90 Å². The molecule has 2 rings (SSSR count). The van der Waals surface area contributed by atoms with Crippen molar-refractivity contribution in [2.24, 2.45) is 5.92 Å². The maximum Gasteiger partial charge on any atom is 0.316 e. The SMILES string of the molecule is O=C(O)C1CCN(c2ccc(Cl)c(Br)c2)C1=O. The molecule has 0 saturated carbocycles. The minimum atomic E-state index is -1.06. The highest BCUT2D eigenvalue weighted by molar-refractivity contribution is 9.10. The molecule has 1 fully saturated rings. The molecule has 1 heterocycles. The van der Waals surface area contributed by atoms with Crippen molar-refractivity contribution in [2.75, 3.05) is 11.4 Å². The van der Waals surface area contributed by atoms with Crippen molar-refractivity contribution in [3.63, 3.8) is 0 Å². The Morgan fingerprint density at radius 1 is 1.53 bits per heavy atom. The van der Waals surface area contributed by atoms with Crippen molar-refractivity contribution in [1.82, 2.24) is 0 Å². The van der Waals surface area contributed by atoms with Gasteiger partial charge in [0.15, 0.2) is 0 Å². The van der Waals surface area contributed by atoms with Gasteiger partial charge in [-0.2, -0.15) is 0 Å². The number of halogens is 2. The number of carbonyl (C=O) groups excluding carboxylic acids is 1. The van der Waals surface area contributed by atoms with Crippen molar-refractivity contribution < 1.29 is 14.7 Å². The van der Waals surface area contributed by atoms with Crippen LogP contribution in [0.5, 0.6) is 0 Å². The Bertz CT molecular complexity index is 492. The normalized spacial score (nSPS) is 19.8. The summed E-state index contributed by atoms with van der Waals surface area (Å²) >= 11 is 9.13. The Labute approximate surface area is 111 Å². The zero-order chi connectivity index (χ0) is 12.6. The van der Waals surface area contributed by atoms with Gasteiger partial charge in [-0.05, 0) is 40.5 Å². The summed E-state index contributed by atoms with van der Waals surface area (Å²) in [4.78, 5) is 24.1. The molecule has 0 aliphatic carbocycles. The van der Waals surface area contributed by atoms with E-state index in [0.717, 1.165) is 0 Å². The summed E-state index contributed by atoms with van der Waals surface area (Å²) in [6.45, 7) is 0.421. The molecular weight excluding hydrogens is 309 g/mol. The number of hydrogen-bond acceptors (Lipinski definition) is 2. The number of carbonyl (C=O) groups is 2. The molecule has 1 aromatic carbocycles. The van der Waals surface area contributed by atoms with Gasteiger partial charge in [0.1, 0.15) is 5.92 Å². The molecule has 0 radical (unpaired) electrons. The van der Waals surface area contributed by atoms with E-state index >= 15 is 0 Å². The zero-order valence-electron chi connectivity index (χ0n) is 8.69. The first-order valence-corrected chi connectivity index (χ1v) is 6.17. The molecule has 1 atom stereocenters. The van der Waals surface area contributed by atoms with Crippen LogP contribution in [0.1, 0.15) is 6.42 Å². The summed E-state index contributed by atoms with van der Waals surface area (Å²) in [6, 6.07) is 5.09. The van der Waals surface area contributed by atoms with E-state index in [4.69, 9.17) is 16.7 Å². The predicted octanol–water partition coefficient (Wildman–Crippen LogP) is 2.54. The highest BCUT2D eigenvalue weighted by Crippen LogP contribution is 2.31. The summed E-state index contributed by atoms with van der Waals surface area (Å²) in [5.41, 5.74) is 0.662. The number of aliphatic carboxylic acids is 1. The molecule has 0 spiro atoms. The fourth-order valence-electron chi connectivity index (χ4n) is 1.82. The Morgan fingerprint density at radius 2 is 2.24 bits per heavy atom. The van der Waals surface area contributed by atoms with E-state index < -0.39 is 11.9 Å². The Balaban J connectivity index is 2.27. The summed E-state index contributed by atoms with van der Waals surface area (Å²) in [5, 5.41) is 9.42. The molecule has 1 saturated heterocycles. The maximum atomic E-state index is 11.8. The van der Waals surface area contributed by atoms with Gasteiger partial charge in [0.05, 0.1) is 5.02 Å². The number of nitrogens with zero attached hydrogens (tertiary/aromatic N) is 1. The molecule has 1 N–H and O–H groups in total. The minimum absolute atomic E-state index is 0.342. The van der Waals surface area contributed by atoms with Crippen LogP contribution in [0, 0.1) is 5.92 Å². The van der Waals surface area contributed by atoms with Gasteiger partial charge >= 0.3 is 5.97 Å². The van der Waals surface area contributed by atoms with Crippen molar-refractivity contribution >= 4 is 45.1 Å². The Hall–Kier alpha value is -1.07. The van der Waals surface area contributed by atoms with E-state index in [9.17, 15) is 9.59 Å². The molecule has 0 bridgehead atoms. The van der Waals surface area contributed by atoms with Crippen LogP contribution in [0.4, 0.5) is 5.69 Å². The van der Waals surface area contributed by atoms with Gasteiger partial charge in [0, 0.05) is 16.7 Å². The van der Waals surface area contributed by atoms with Gasteiger partial charge in [0.2, 0.25) is 5.91 Å². The van der Waals surface area contributed by atoms with Crippen LogP contribution < -0.4 is 4.90 Å². The number of anilines is 1. The van der Waals surface area contributed by atoms with Gasteiger partial charge in [-0.3, -0.25) is 9.59 Å². The fraction of sp³-hybridized carbons (Fsp3) is 0.273. The van der Waals surface area contributed by atoms with Crippen LogP contribution >= 0.6 is 27.5 Å². The second-order valence-electron chi connectivity index (χ2n) is 3.77. The van der Waals surface area contributed by atoms with Gasteiger partial charge in [0.25, 0.3) is 0 Å². The smallest absolute Gasteiger partial charge is 0.316 e. The Morgan fingerprint density at radius 3 is 2.76 bits per heavy atom. The monoisotopic (exact) mass is 317 g/mol. The van der Waals surface area contributed by atoms with Crippen LogP contribution in [0.15, 0.2) is 22.7 Å². The van der Waals surface area contributed by atoms with Crippen LogP contribution in [-0.2, 0) is 9.59 Å². The highest BCUT2D eigenvalue weighted by atomic mass is 79.9. The lowest BCUT2D eigenvalue weighted by atomic mass is 10.1. The maximum absolute atomic E-state index is 11.8. The van der Waals surface area contributed by atoms with Crippen molar-refractivity contribution in [1.29, 1.82) is 0 Å². The fourth-order valence-corrected chi connectivity index (χ4v) is 2.30. The number of rotatable bonds is 2. The van der Waals surface area contributed by atoms with Crippen LogP contribution in [0.25, 0.3) is 0 Å². The van der Waals surface area contributed by atoms with Gasteiger partial charge in [-0.15, -0.1) is 0 Å². The average Bonchev–Trinajstić information content (AvgIpc) is 2.64. The topological polar surface area (TPSA) is 57.6 Å². The molecule has 1 aliphatic heterocycles.